The van der Waals surface area contributed by atoms with E-state index in [1.54, 1.807) is 0 Å². The molecule has 7 rings (SSSR count). The summed E-state index contributed by atoms with van der Waals surface area (Å²) in [7, 11) is 0. The maximum Gasteiger partial charge on any atom is 0.138 e. The summed E-state index contributed by atoms with van der Waals surface area (Å²) < 4.78 is 0. The van der Waals surface area contributed by atoms with Gasteiger partial charge in [0.05, 0.1) is 16.6 Å². The van der Waals surface area contributed by atoms with Crippen LogP contribution in [0.15, 0.2) is 85.1 Å². The highest BCUT2D eigenvalue weighted by atomic mass is 15.2. The van der Waals surface area contributed by atoms with Crippen molar-refractivity contribution in [3.63, 3.8) is 0 Å². The highest BCUT2D eigenvalue weighted by Crippen LogP contribution is 2.32. The van der Waals surface area contributed by atoms with E-state index in [2.05, 4.69) is 92.2 Å². The Morgan fingerprint density at radius 1 is 0.718 bits per heavy atom. The van der Waals surface area contributed by atoms with Crippen LogP contribution in [0.1, 0.15) is 17.8 Å². The Morgan fingerprint density at radius 3 is 2.33 bits per heavy atom. The third-order valence-electron chi connectivity index (χ3n) is 7.25. The summed E-state index contributed by atoms with van der Waals surface area (Å²) >= 11 is 0. The number of H-pyrrole nitrogens is 1. The van der Waals surface area contributed by atoms with Gasteiger partial charge in [-0.15, -0.1) is 0 Å². The molecule has 7 heteroatoms. The first kappa shape index (κ1) is 23.2. The standard InChI is InChI=1S/C32H29N7/c1-20-16-25(12-13-33-20)35-24-8-10-29-31(18-24)38-32(37-29)22-4-6-23(7-5-22)36-30-17-21(2)34-28-11-9-26(19-27(28)30)39-14-3-15-39/h4-13,16-19H,3,14-15H2,1-2H3,(H,33,35)(H,34,36)(H,37,38). The van der Waals surface area contributed by atoms with Gasteiger partial charge in [0.25, 0.3) is 0 Å². The van der Waals surface area contributed by atoms with Gasteiger partial charge in [-0.1, -0.05) is 0 Å². The van der Waals surface area contributed by atoms with E-state index < -0.39 is 0 Å². The average molecular weight is 512 g/mol. The van der Waals surface area contributed by atoms with Crippen LogP contribution >= 0.6 is 0 Å². The lowest BCUT2D eigenvalue weighted by atomic mass is 10.1. The number of benzene rings is 3. The topological polar surface area (TPSA) is 81.8 Å². The molecule has 3 N–H and O–H groups in total. The molecule has 1 fully saturated rings. The maximum absolute atomic E-state index is 4.87. The van der Waals surface area contributed by atoms with Crippen molar-refractivity contribution in [2.75, 3.05) is 28.6 Å². The van der Waals surface area contributed by atoms with Crippen molar-refractivity contribution < 1.29 is 0 Å². The number of hydrogen-bond donors (Lipinski definition) is 3. The molecular formula is C32H29N7. The lowest BCUT2D eigenvalue weighted by molar-refractivity contribution is 0.618. The van der Waals surface area contributed by atoms with E-state index in [1.165, 1.54) is 12.1 Å². The molecule has 1 saturated heterocycles. The van der Waals surface area contributed by atoms with E-state index >= 15 is 0 Å². The molecule has 3 aromatic heterocycles. The minimum Gasteiger partial charge on any atom is -0.371 e. The predicted octanol–water partition coefficient (Wildman–Crippen LogP) is 7.49. The normalized spacial score (nSPS) is 13.0. The molecule has 0 amide bonds. The third-order valence-corrected chi connectivity index (χ3v) is 7.25. The first-order chi connectivity index (χ1) is 19.1. The minimum atomic E-state index is 0.845. The molecule has 7 nitrogen and oxygen atoms in total. The number of aromatic nitrogens is 4. The van der Waals surface area contributed by atoms with Crippen molar-refractivity contribution in [3.05, 3.63) is 96.4 Å². The molecule has 4 heterocycles. The summed E-state index contributed by atoms with van der Waals surface area (Å²) in [5, 5.41) is 8.20. The number of pyridine rings is 2. The molecule has 1 aliphatic rings. The summed E-state index contributed by atoms with van der Waals surface area (Å²) in [5.41, 5.74) is 11.3. The van der Waals surface area contributed by atoms with Crippen molar-refractivity contribution >= 4 is 50.4 Å². The predicted molar refractivity (Wildman–Crippen MR) is 160 cm³/mol. The smallest absolute Gasteiger partial charge is 0.138 e. The molecule has 0 aliphatic carbocycles. The largest absolute Gasteiger partial charge is 0.371 e. The van der Waals surface area contributed by atoms with Gasteiger partial charge in [-0.3, -0.25) is 9.97 Å². The number of rotatable bonds is 6. The fourth-order valence-electron chi connectivity index (χ4n) is 5.10. The van der Waals surface area contributed by atoms with Crippen LogP contribution in [0.2, 0.25) is 0 Å². The Kier molecular flexibility index (Phi) is 5.62. The van der Waals surface area contributed by atoms with Gasteiger partial charge in [-0.2, -0.15) is 0 Å². The van der Waals surface area contributed by atoms with Crippen molar-refractivity contribution in [2.45, 2.75) is 20.3 Å². The van der Waals surface area contributed by atoms with E-state index in [4.69, 9.17) is 9.97 Å². The number of nitrogens with one attached hydrogen (secondary N) is 3. The molecule has 0 spiro atoms. The lowest BCUT2D eigenvalue weighted by Gasteiger charge is -2.33. The Balaban J connectivity index is 1.13. The minimum absolute atomic E-state index is 0.845. The summed E-state index contributed by atoms with van der Waals surface area (Å²) in [6.07, 6.45) is 3.07. The molecule has 0 radical (unpaired) electrons. The van der Waals surface area contributed by atoms with E-state index in [1.807, 2.05) is 32.2 Å². The van der Waals surface area contributed by atoms with Crippen LogP contribution in [0.25, 0.3) is 33.3 Å². The van der Waals surface area contributed by atoms with E-state index in [0.717, 1.165) is 80.6 Å². The Labute approximate surface area is 227 Å². The first-order valence-electron chi connectivity index (χ1n) is 13.3. The molecule has 192 valence electrons. The average Bonchev–Trinajstić information content (AvgIpc) is 3.32. The fourth-order valence-corrected chi connectivity index (χ4v) is 5.10. The van der Waals surface area contributed by atoms with Crippen molar-refractivity contribution in [3.8, 4) is 11.4 Å². The molecule has 39 heavy (non-hydrogen) atoms. The second-order valence-electron chi connectivity index (χ2n) is 10.2. The van der Waals surface area contributed by atoms with Gasteiger partial charge in [0.2, 0.25) is 0 Å². The number of hydrogen-bond acceptors (Lipinski definition) is 6. The zero-order valence-corrected chi connectivity index (χ0v) is 22.0. The van der Waals surface area contributed by atoms with E-state index in [0.29, 0.717) is 0 Å². The van der Waals surface area contributed by atoms with Gasteiger partial charge < -0.3 is 20.5 Å². The fraction of sp³-hybridized carbons (Fsp3) is 0.156. The molecule has 3 aromatic carbocycles. The second-order valence-corrected chi connectivity index (χ2v) is 10.2. The Hall–Kier alpha value is -4.91. The van der Waals surface area contributed by atoms with Crippen molar-refractivity contribution in [1.82, 2.24) is 19.9 Å². The summed E-state index contributed by atoms with van der Waals surface area (Å²) in [5.74, 6) is 0.845. The van der Waals surface area contributed by atoms with Gasteiger partial charge in [0.1, 0.15) is 5.82 Å². The number of imidazole rings is 1. The second kappa shape index (κ2) is 9.44. The molecule has 0 bridgehead atoms. The quantitative estimate of drug-likeness (QED) is 0.215. The highest BCUT2D eigenvalue weighted by molar-refractivity contribution is 5.95. The zero-order valence-electron chi connectivity index (χ0n) is 22.0. The van der Waals surface area contributed by atoms with Gasteiger partial charge in [-0.05, 0) is 99.1 Å². The highest BCUT2D eigenvalue weighted by Gasteiger charge is 2.16. The first-order valence-corrected chi connectivity index (χ1v) is 13.3. The van der Waals surface area contributed by atoms with Gasteiger partial charge in [-0.25, -0.2) is 4.98 Å². The summed E-state index contributed by atoms with van der Waals surface area (Å²) in [4.78, 5) is 19.7. The SMILES string of the molecule is Cc1cc(Nc2ccc3[nH]c(-c4ccc(Nc5cc(C)nc6ccc(N7CCC7)cc56)cc4)nc3c2)ccn1. The van der Waals surface area contributed by atoms with E-state index in [9.17, 15) is 0 Å². The number of anilines is 5. The van der Waals surface area contributed by atoms with Crippen LogP contribution in [0.4, 0.5) is 28.4 Å². The molecule has 0 saturated carbocycles. The Bertz CT molecular complexity index is 1820. The maximum atomic E-state index is 4.87. The van der Waals surface area contributed by atoms with Crippen molar-refractivity contribution in [1.29, 1.82) is 0 Å². The van der Waals surface area contributed by atoms with Crippen LogP contribution in [-0.2, 0) is 0 Å². The molecule has 6 aromatic rings. The van der Waals surface area contributed by atoms with Crippen LogP contribution in [0, 0.1) is 13.8 Å². The van der Waals surface area contributed by atoms with Gasteiger partial charge in [0, 0.05) is 70.1 Å². The van der Waals surface area contributed by atoms with Gasteiger partial charge in [0.15, 0.2) is 0 Å². The molecular weight excluding hydrogens is 482 g/mol. The summed E-state index contributed by atoms with van der Waals surface area (Å²) in [6.45, 7) is 6.27. The summed E-state index contributed by atoms with van der Waals surface area (Å²) in [6, 6.07) is 27.2. The third kappa shape index (κ3) is 4.63. The molecule has 0 unspecified atom stereocenters. The van der Waals surface area contributed by atoms with Crippen LogP contribution in [-0.4, -0.2) is 33.0 Å². The van der Waals surface area contributed by atoms with Crippen LogP contribution in [0.5, 0.6) is 0 Å². The number of nitrogens with zero attached hydrogens (tertiary/aromatic N) is 4. The Morgan fingerprint density at radius 2 is 1.54 bits per heavy atom. The molecule has 0 atom stereocenters. The van der Waals surface area contributed by atoms with E-state index in [-0.39, 0.29) is 0 Å². The number of aryl methyl sites for hydroxylation is 2. The van der Waals surface area contributed by atoms with Gasteiger partial charge >= 0.3 is 0 Å². The zero-order chi connectivity index (χ0) is 26.3. The van der Waals surface area contributed by atoms with Crippen LogP contribution in [0.3, 0.4) is 0 Å². The van der Waals surface area contributed by atoms with Crippen LogP contribution < -0.4 is 15.5 Å². The molecule has 1 aliphatic heterocycles. The number of fused-ring (bicyclic) bond motifs is 2. The lowest BCUT2D eigenvalue weighted by Crippen LogP contribution is -2.36. The number of aromatic amines is 1. The van der Waals surface area contributed by atoms with Crippen molar-refractivity contribution in [2.24, 2.45) is 0 Å². The monoisotopic (exact) mass is 511 g/mol.